The minimum atomic E-state index is 1.06. The highest BCUT2D eigenvalue weighted by Gasteiger charge is 2.17. The summed E-state index contributed by atoms with van der Waals surface area (Å²) < 4.78 is 3.37. The van der Waals surface area contributed by atoms with Gasteiger partial charge in [0.2, 0.25) is 0 Å². The molecule has 0 aliphatic carbocycles. The van der Waals surface area contributed by atoms with Crippen molar-refractivity contribution in [2.75, 3.05) is 26.2 Å². The van der Waals surface area contributed by atoms with Gasteiger partial charge in [0.25, 0.3) is 0 Å². The predicted octanol–water partition coefficient (Wildman–Crippen LogP) is 3.11. The van der Waals surface area contributed by atoms with Gasteiger partial charge in [-0.1, -0.05) is 28.1 Å². The lowest BCUT2D eigenvalue weighted by atomic mass is 10.2. The summed E-state index contributed by atoms with van der Waals surface area (Å²) in [6.45, 7) is 6.74. The number of hydrogen-bond acceptors (Lipinski definition) is 2. The van der Waals surface area contributed by atoms with E-state index in [4.69, 9.17) is 0 Å². The van der Waals surface area contributed by atoms with Crippen molar-refractivity contribution in [3.8, 4) is 0 Å². The first-order valence-electron chi connectivity index (χ1n) is 7.50. The Bertz CT molecular complexity index is 568. The Morgan fingerprint density at radius 1 is 0.905 bits per heavy atom. The van der Waals surface area contributed by atoms with E-state index in [0.29, 0.717) is 0 Å². The fourth-order valence-corrected chi connectivity index (χ4v) is 3.11. The van der Waals surface area contributed by atoms with Crippen molar-refractivity contribution in [1.29, 1.82) is 0 Å². The standard InChI is InChI=1S/C17H22BrN3/c1-19-8-2-3-17(19)14-21-11-9-20(10-12-21)13-15-4-6-16(18)7-5-15/h2-8H,9-14H2,1H3. The number of aromatic nitrogens is 1. The van der Waals surface area contributed by atoms with Crippen LogP contribution in [0.3, 0.4) is 0 Å². The molecule has 1 aromatic heterocycles. The average Bonchev–Trinajstić information content (AvgIpc) is 2.89. The van der Waals surface area contributed by atoms with E-state index in [0.717, 1.165) is 43.7 Å². The smallest absolute Gasteiger partial charge is 0.0388 e. The summed E-state index contributed by atoms with van der Waals surface area (Å²) in [7, 11) is 2.12. The molecule has 3 nitrogen and oxygen atoms in total. The van der Waals surface area contributed by atoms with E-state index in [1.54, 1.807) is 0 Å². The van der Waals surface area contributed by atoms with Crippen LogP contribution in [0.1, 0.15) is 11.3 Å². The fourth-order valence-electron chi connectivity index (χ4n) is 2.84. The monoisotopic (exact) mass is 347 g/mol. The van der Waals surface area contributed by atoms with Gasteiger partial charge in [-0.3, -0.25) is 9.80 Å². The summed E-state index contributed by atoms with van der Waals surface area (Å²) >= 11 is 3.49. The molecular weight excluding hydrogens is 326 g/mol. The second-order valence-corrected chi connectivity index (χ2v) is 6.70. The zero-order chi connectivity index (χ0) is 14.7. The third kappa shape index (κ3) is 3.96. The van der Waals surface area contributed by atoms with E-state index in [1.165, 1.54) is 11.3 Å². The zero-order valence-electron chi connectivity index (χ0n) is 12.5. The van der Waals surface area contributed by atoms with E-state index in [9.17, 15) is 0 Å². The molecule has 1 aliphatic heterocycles. The Hall–Kier alpha value is -1.10. The highest BCUT2D eigenvalue weighted by molar-refractivity contribution is 9.10. The van der Waals surface area contributed by atoms with Gasteiger partial charge in [-0.25, -0.2) is 0 Å². The maximum absolute atomic E-state index is 3.49. The van der Waals surface area contributed by atoms with Gasteiger partial charge in [0.05, 0.1) is 0 Å². The number of rotatable bonds is 4. The van der Waals surface area contributed by atoms with Crippen molar-refractivity contribution in [3.05, 3.63) is 58.3 Å². The van der Waals surface area contributed by atoms with Crippen LogP contribution >= 0.6 is 15.9 Å². The molecular formula is C17H22BrN3. The van der Waals surface area contributed by atoms with Crippen molar-refractivity contribution in [2.24, 2.45) is 7.05 Å². The second kappa shape index (κ2) is 6.77. The van der Waals surface area contributed by atoms with E-state index in [-0.39, 0.29) is 0 Å². The minimum Gasteiger partial charge on any atom is -0.353 e. The predicted molar refractivity (Wildman–Crippen MR) is 90.1 cm³/mol. The van der Waals surface area contributed by atoms with Gasteiger partial charge in [0.1, 0.15) is 0 Å². The van der Waals surface area contributed by atoms with Crippen LogP contribution in [0.5, 0.6) is 0 Å². The number of aryl methyl sites for hydroxylation is 1. The van der Waals surface area contributed by atoms with Crippen molar-refractivity contribution < 1.29 is 0 Å². The molecule has 112 valence electrons. The third-order valence-electron chi connectivity index (χ3n) is 4.22. The van der Waals surface area contributed by atoms with Crippen LogP contribution in [-0.2, 0) is 20.1 Å². The first-order chi connectivity index (χ1) is 10.2. The lowest BCUT2D eigenvalue weighted by Crippen LogP contribution is -2.45. The molecule has 1 aliphatic rings. The Morgan fingerprint density at radius 3 is 2.10 bits per heavy atom. The molecule has 0 bridgehead atoms. The van der Waals surface area contributed by atoms with Crippen LogP contribution in [0, 0.1) is 0 Å². The molecule has 0 amide bonds. The van der Waals surface area contributed by atoms with Crippen LogP contribution in [0.25, 0.3) is 0 Å². The minimum absolute atomic E-state index is 1.06. The normalized spacial score (nSPS) is 17.2. The molecule has 1 aromatic carbocycles. The average molecular weight is 348 g/mol. The molecule has 0 atom stereocenters. The fraction of sp³-hybridized carbons (Fsp3) is 0.412. The third-order valence-corrected chi connectivity index (χ3v) is 4.75. The number of halogens is 1. The highest BCUT2D eigenvalue weighted by atomic mass is 79.9. The van der Waals surface area contributed by atoms with Crippen molar-refractivity contribution in [1.82, 2.24) is 14.4 Å². The van der Waals surface area contributed by atoms with E-state index < -0.39 is 0 Å². The number of hydrogen-bond donors (Lipinski definition) is 0. The lowest BCUT2D eigenvalue weighted by molar-refractivity contribution is 0.120. The van der Waals surface area contributed by atoms with Crippen LogP contribution in [0.4, 0.5) is 0 Å². The molecule has 0 radical (unpaired) electrons. The van der Waals surface area contributed by atoms with E-state index >= 15 is 0 Å². The zero-order valence-corrected chi connectivity index (χ0v) is 14.1. The lowest BCUT2D eigenvalue weighted by Gasteiger charge is -2.34. The summed E-state index contributed by atoms with van der Waals surface area (Å²) in [5, 5.41) is 0. The van der Waals surface area contributed by atoms with E-state index in [1.807, 2.05) is 0 Å². The van der Waals surface area contributed by atoms with Crippen molar-refractivity contribution in [2.45, 2.75) is 13.1 Å². The molecule has 3 rings (SSSR count). The van der Waals surface area contributed by atoms with Gasteiger partial charge in [0, 0.05) is 62.7 Å². The first kappa shape index (κ1) is 14.8. The molecule has 0 N–H and O–H groups in total. The Kier molecular flexibility index (Phi) is 4.78. The molecule has 0 unspecified atom stereocenters. The van der Waals surface area contributed by atoms with Gasteiger partial charge in [0.15, 0.2) is 0 Å². The van der Waals surface area contributed by atoms with Gasteiger partial charge >= 0.3 is 0 Å². The second-order valence-electron chi connectivity index (χ2n) is 5.79. The van der Waals surface area contributed by atoms with Gasteiger partial charge < -0.3 is 4.57 Å². The molecule has 2 heterocycles. The Labute approximate surface area is 135 Å². The largest absolute Gasteiger partial charge is 0.353 e. The molecule has 0 saturated carbocycles. The number of nitrogens with zero attached hydrogens (tertiary/aromatic N) is 3. The number of benzene rings is 1. The van der Waals surface area contributed by atoms with Crippen LogP contribution in [-0.4, -0.2) is 40.5 Å². The summed E-state index contributed by atoms with van der Waals surface area (Å²) in [5.74, 6) is 0. The summed E-state index contributed by atoms with van der Waals surface area (Å²) in [4.78, 5) is 5.10. The first-order valence-corrected chi connectivity index (χ1v) is 8.29. The van der Waals surface area contributed by atoms with Crippen LogP contribution in [0.2, 0.25) is 0 Å². The molecule has 0 spiro atoms. The molecule has 1 saturated heterocycles. The SMILES string of the molecule is Cn1cccc1CN1CCN(Cc2ccc(Br)cc2)CC1. The van der Waals surface area contributed by atoms with Crippen molar-refractivity contribution in [3.63, 3.8) is 0 Å². The highest BCUT2D eigenvalue weighted by Crippen LogP contribution is 2.14. The van der Waals surface area contributed by atoms with E-state index in [2.05, 4.69) is 79.9 Å². The Morgan fingerprint density at radius 2 is 1.52 bits per heavy atom. The van der Waals surface area contributed by atoms with Crippen LogP contribution < -0.4 is 0 Å². The molecule has 2 aromatic rings. The van der Waals surface area contributed by atoms with Crippen LogP contribution in [0.15, 0.2) is 47.1 Å². The molecule has 21 heavy (non-hydrogen) atoms. The topological polar surface area (TPSA) is 11.4 Å². The summed E-state index contributed by atoms with van der Waals surface area (Å²) in [5.41, 5.74) is 2.80. The maximum atomic E-state index is 3.49. The van der Waals surface area contributed by atoms with Gasteiger partial charge in [-0.05, 0) is 29.8 Å². The molecule has 1 fully saturated rings. The quantitative estimate of drug-likeness (QED) is 0.841. The van der Waals surface area contributed by atoms with Gasteiger partial charge in [-0.15, -0.1) is 0 Å². The van der Waals surface area contributed by atoms with Gasteiger partial charge in [-0.2, -0.15) is 0 Å². The Balaban J connectivity index is 1.49. The number of piperazine rings is 1. The maximum Gasteiger partial charge on any atom is 0.0388 e. The summed E-state index contributed by atoms with van der Waals surface area (Å²) in [6.07, 6.45) is 2.12. The molecule has 4 heteroatoms. The summed E-state index contributed by atoms with van der Waals surface area (Å²) in [6, 6.07) is 13.0. The van der Waals surface area contributed by atoms with Crippen molar-refractivity contribution >= 4 is 15.9 Å².